The minimum Gasteiger partial charge on any atom is -0.325 e. The Kier molecular flexibility index (Phi) is 7.40. The lowest BCUT2D eigenvalue weighted by Crippen LogP contribution is -2.00. The third-order valence-electron chi connectivity index (χ3n) is 1.22. The molecule has 1 aromatic heterocycles. The minimum absolute atomic E-state index is 0. The van der Waals surface area contributed by atoms with Crippen LogP contribution in [0.4, 0.5) is 5.69 Å². The van der Waals surface area contributed by atoms with Crippen molar-refractivity contribution in [2.24, 2.45) is 5.73 Å². The Morgan fingerprint density at radius 3 is 2.62 bits per heavy atom. The van der Waals surface area contributed by atoms with Crippen LogP contribution in [0.25, 0.3) is 0 Å². The quantitative estimate of drug-likeness (QED) is 0.608. The van der Waals surface area contributed by atoms with E-state index in [2.05, 4.69) is 4.98 Å². The van der Waals surface area contributed by atoms with Crippen molar-refractivity contribution in [2.75, 3.05) is 0 Å². The molecule has 7 heteroatoms. The summed E-state index contributed by atoms with van der Waals surface area (Å²) >= 11 is 0. The maximum atomic E-state index is 10.2. The molecule has 0 bridgehead atoms. The van der Waals surface area contributed by atoms with Gasteiger partial charge < -0.3 is 5.73 Å². The fraction of sp³-hybridized carbons (Fsp3) is 0.167. The van der Waals surface area contributed by atoms with Crippen molar-refractivity contribution in [3.8, 4) is 0 Å². The number of hydrogen-bond donors (Lipinski definition) is 1. The zero-order chi connectivity index (χ0) is 8.27. The average Bonchev–Trinajstić information content (AvgIpc) is 2.05. The fourth-order valence-electron chi connectivity index (χ4n) is 0.691. The van der Waals surface area contributed by atoms with Gasteiger partial charge in [0, 0.05) is 24.9 Å². The predicted octanol–water partition coefficient (Wildman–Crippen LogP) is 1.29. The molecular formula is C6H9Cl2N3O2. The molecule has 0 fully saturated rings. The number of halogens is 2. The van der Waals surface area contributed by atoms with Crippen LogP contribution in [0.3, 0.4) is 0 Å². The molecule has 0 aromatic carbocycles. The second-order valence-electron chi connectivity index (χ2n) is 1.97. The summed E-state index contributed by atoms with van der Waals surface area (Å²) in [5.41, 5.74) is 5.79. The maximum Gasteiger partial charge on any atom is 0.272 e. The lowest BCUT2D eigenvalue weighted by Gasteiger charge is -1.93. The summed E-state index contributed by atoms with van der Waals surface area (Å²) in [6, 6.07) is 2.69. The van der Waals surface area contributed by atoms with E-state index in [0.29, 0.717) is 5.69 Å². The molecule has 0 aliphatic heterocycles. The smallest absolute Gasteiger partial charge is 0.272 e. The first-order valence-corrected chi connectivity index (χ1v) is 3.03. The van der Waals surface area contributed by atoms with Crippen molar-refractivity contribution < 1.29 is 4.92 Å². The Morgan fingerprint density at radius 1 is 1.54 bits per heavy atom. The van der Waals surface area contributed by atoms with Crippen LogP contribution in [0, 0.1) is 10.1 Å². The molecule has 1 rings (SSSR count). The van der Waals surface area contributed by atoms with Gasteiger partial charge in [-0.15, -0.1) is 24.8 Å². The van der Waals surface area contributed by atoms with Crippen molar-refractivity contribution in [2.45, 2.75) is 6.54 Å². The van der Waals surface area contributed by atoms with Crippen molar-refractivity contribution in [1.82, 2.24) is 4.98 Å². The minimum atomic E-state index is -0.471. The highest BCUT2D eigenvalue weighted by Crippen LogP contribution is 2.09. The molecule has 0 atom stereocenters. The molecule has 74 valence electrons. The zero-order valence-corrected chi connectivity index (χ0v) is 8.18. The molecule has 0 unspecified atom stereocenters. The van der Waals surface area contributed by atoms with E-state index < -0.39 is 4.92 Å². The van der Waals surface area contributed by atoms with Gasteiger partial charge in [-0.25, -0.2) is 0 Å². The van der Waals surface area contributed by atoms with Gasteiger partial charge in [-0.05, 0) is 0 Å². The first-order valence-electron chi connectivity index (χ1n) is 3.03. The van der Waals surface area contributed by atoms with Gasteiger partial charge in [-0.3, -0.25) is 15.1 Å². The van der Waals surface area contributed by atoms with Crippen molar-refractivity contribution in [3.05, 3.63) is 34.1 Å². The molecule has 2 N–H and O–H groups in total. The highest BCUT2D eigenvalue weighted by atomic mass is 35.5. The molecule has 1 heterocycles. The summed E-state index contributed by atoms with van der Waals surface area (Å²) in [6.07, 6.45) is 1.38. The average molecular weight is 226 g/mol. The third kappa shape index (κ3) is 4.02. The number of pyridine rings is 1. The van der Waals surface area contributed by atoms with E-state index in [-0.39, 0.29) is 37.0 Å². The van der Waals surface area contributed by atoms with E-state index >= 15 is 0 Å². The van der Waals surface area contributed by atoms with E-state index in [0.717, 1.165) is 0 Å². The molecule has 0 spiro atoms. The summed E-state index contributed by atoms with van der Waals surface area (Å²) < 4.78 is 0. The topological polar surface area (TPSA) is 82.0 Å². The number of aromatic nitrogens is 1. The van der Waals surface area contributed by atoms with Crippen LogP contribution in [0.5, 0.6) is 0 Å². The van der Waals surface area contributed by atoms with Crippen molar-refractivity contribution >= 4 is 30.5 Å². The number of hydrogen-bond acceptors (Lipinski definition) is 4. The molecular weight excluding hydrogens is 217 g/mol. The predicted molar refractivity (Wildman–Crippen MR) is 53.3 cm³/mol. The lowest BCUT2D eigenvalue weighted by atomic mass is 10.3. The lowest BCUT2D eigenvalue weighted by molar-refractivity contribution is -0.385. The van der Waals surface area contributed by atoms with Gasteiger partial charge >= 0.3 is 0 Å². The van der Waals surface area contributed by atoms with Crippen LogP contribution >= 0.6 is 24.8 Å². The second-order valence-corrected chi connectivity index (χ2v) is 1.97. The first-order chi connectivity index (χ1) is 5.24. The Hall–Kier alpha value is -0.910. The normalized spacial score (nSPS) is 8.08. The largest absolute Gasteiger partial charge is 0.325 e. The Labute approximate surface area is 87.3 Å². The van der Waals surface area contributed by atoms with Crippen molar-refractivity contribution in [1.29, 1.82) is 0 Å². The van der Waals surface area contributed by atoms with Crippen molar-refractivity contribution in [3.63, 3.8) is 0 Å². The summed E-state index contributed by atoms with van der Waals surface area (Å²) in [6.45, 7) is 0.224. The molecule has 5 nitrogen and oxygen atoms in total. The van der Waals surface area contributed by atoms with Gasteiger partial charge in [-0.1, -0.05) is 0 Å². The maximum absolute atomic E-state index is 10.2. The molecule has 1 aromatic rings. The molecule has 0 amide bonds. The highest BCUT2D eigenvalue weighted by Gasteiger charge is 2.04. The molecule has 13 heavy (non-hydrogen) atoms. The molecule has 0 aliphatic rings. The summed E-state index contributed by atoms with van der Waals surface area (Å²) in [5.74, 6) is 0. The molecule has 0 saturated heterocycles. The summed E-state index contributed by atoms with van der Waals surface area (Å²) in [4.78, 5) is 13.5. The van der Waals surface area contributed by atoms with Crippen LogP contribution in [0.2, 0.25) is 0 Å². The third-order valence-corrected chi connectivity index (χ3v) is 1.22. The van der Waals surface area contributed by atoms with Gasteiger partial charge in [0.25, 0.3) is 5.69 Å². The van der Waals surface area contributed by atoms with Gasteiger partial charge in [0.1, 0.15) is 0 Å². The van der Waals surface area contributed by atoms with Gasteiger partial charge in [-0.2, -0.15) is 0 Å². The number of nitrogens with zero attached hydrogens (tertiary/aromatic N) is 2. The van der Waals surface area contributed by atoms with Gasteiger partial charge in [0.05, 0.1) is 10.6 Å². The number of nitro groups is 1. The second kappa shape index (κ2) is 6.59. The first kappa shape index (κ1) is 14.6. The summed E-state index contributed by atoms with van der Waals surface area (Å²) in [5, 5.41) is 10.2. The van der Waals surface area contributed by atoms with E-state index in [1.807, 2.05) is 0 Å². The summed E-state index contributed by atoms with van der Waals surface area (Å²) in [7, 11) is 0. The van der Waals surface area contributed by atoms with Crippen LogP contribution in [0.1, 0.15) is 5.69 Å². The number of rotatable bonds is 2. The van der Waals surface area contributed by atoms with E-state index in [4.69, 9.17) is 5.73 Å². The van der Waals surface area contributed by atoms with E-state index in [9.17, 15) is 10.1 Å². The molecule has 0 radical (unpaired) electrons. The standard InChI is InChI=1S/C6H7N3O2.2ClH/c7-4-5-3-6(9(10)11)1-2-8-5;;/h1-3H,4,7H2;2*1H. The van der Waals surface area contributed by atoms with Gasteiger partial charge in [0.15, 0.2) is 0 Å². The Balaban J connectivity index is 0. The molecule has 0 aliphatic carbocycles. The van der Waals surface area contributed by atoms with Crippen LogP contribution in [-0.2, 0) is 6.54 Å². The van der Waals surface area contributed by atoms with Crippen LogP contribution in [0.15, 0.2) is 18.3 Å². The van der Waals surface area contributed by atoms with E-state index in [1.54, 1.807) is 0 Å². The molecule has 0 saturated carbocycles. The Morgan fingerprint density at radius 2 is 2.15 bits per heavy atom. The monoisotopic (exact) mass is 225 g/mol. The Bertz CT molecular complexity index is 282. The van der Waals surface area contributed by atoms with E-state index in [1.165, 1.54) is 18.3 Å². The fourth-order valence-corrected chi connectivity index (χ4v) is 0.691. The number of nitrogens with two attached hydrogens (primary N) is 1. The van der Waals surface area contributed by atoms with Crippen LogP contribution in [-0.4, -0.2) is 9.91 Å². The SMILES string of the molecule is Cl.Cl.NCc1cc([N+](=O)[O-])ccn1. The van der Waals surface area contributed by atoms with Gasteiger partial charge in [0.2, 0.25) is 0 Å². The highest BCUT2D eigenvalue weighted by molar-refractivity contribution is 5.85. The van der Waals surface area contributed by atoms with Crippen LogP contribution < -0.4 is 5.73 Å². The zero-order valence-electron chi connectivity index (χ0n) is 6.54.